The number of aromatic amines is 1. The van der Waals surface area contributed by atoms with Crippen LogP contribution >= 0.6 is 0 Å². The van der Waals surface area contributed by atoms with Crippen LogP contribution in [-0.4, -0.2) is 46.8 Å². The SMILES string of the molecule is COC(=O)CCc1c(C(=O)OC(C)(C)C)[nH]c(C(O)C2OC(=O)CC2(C)C)c1C. The zero-order valence-electron chi connectivity index (χ0n) is 18.2. The van der Waals surface area contributed by atoms with Crippen LogP contribution in [0.5, 0.6) is 0 Å². The lowest BCUT2D eigenvalue weighted by atomic mass is 9.81. The van der Waals surface area contributed by atoms with Crippen LogP contribution in [0, 0.1) is 12.3 Å². The Balaban J connectivity index is 2.44. The summed E-state index contributed by atoms with van der Waals surface area (Å²) in [7, 11) is 1.30. The molecular weight excluding hydrogens is 378 g/mol. The van der Waals surface area contributed by atoms with Crippen LogP contribution in [0.3, 0.4) is 0 Å². The van der Waals surface area contributed by atoms with Crippen molar-refractivity contribution in [3.8, 4) is 0 Å². The van der Waals surface area contributed by atoms with Crippen LogP contribution < -0.4 is 0 Å². The molecule has 0 aliphatic carbocycles. The summed E-state index contributed by atoms with van der Waals surface area (Å²) in [5, 5.41) is 11.0. The molecule has 2 atom stereocenters. The number of ether oxygens (including phenoxy) is 3. The van der Waals surface area contributed by atoms with Gasteiger partial charge in [0.05, 0.1) is 19.2 Å². The molecule has 1 aliphatic heterocycles. The van der Waals surface area contributed by atoms with Gasteiger partial charge in [-0.25, -0.2) is 4.79 Å². The minimum absolute atomic E-state index is 0.0738. The number of carbonyl (C=O) groups is 3. The van der Waals surface area contributed by atoms with Crippen molar-refractivity contribution in [2.75, 3.05) is 7.11 Å². The second-order valence-electron chi connectivity index (χ2n) is 9.12. The van der Waals surface area contributed by atoms with Crippen molar-refractivity contribution >= 4 is 17.9 Å². The first kappa shape index (κ1) is 22.9. The van der Waals surface area contributed by atoms with Gasteiger partial charge in [-0.05, 0) is 45.2 Å². The summed E-state index contributed by atoms with van der Waals surface area (Å²) in [4.78, 5) is 39.1. The van der Waals surface area contributed by atoms with Gasteiger partial charge >= 0.3 is 17.9 Å². The van der Waals surface area contributed by atoms with E-state index in [-0.39, 0.29) is 30.9 Å². The molecule has 1 fully saturated rings. The summed E-state index contributed by atoms with van der Waals surface area (Å²) in [6.45, 7) is 10.7. The van der Waals surface area contributed by atoms with Gasteiger partial charge in [-0.15, -0.1) is 0 Å². The van der Waals surface area contributed by atoms with E-state index in [9.17, 15) is 19.5 Å². The number of rotatable bonds is 6. The fourth-order valence-corrected chi connectivity index (χ4v) is 3.55. The van der Waals surface area contributed by atoms with Gasteiger partial charge in [0, 0.05) is 11.8 Å². The number of cyclic esters (lactones) is 1. The van der Waals surface area contributed by atoms with Gasteiger partial charge in [-0.1, -0.05) is 13.8 Å². The lowest BCUT2D eigenvalue weighted by molar-refractivity contribution is -0.147. The molecule has 2 unspecified atom stereocenters. The van der Waals surface area contributed by atoms with Crippen molar-refractivity contribution in [3.63, 3.8) is 0 Å². The Morgan fingerprint density at radius 2 is 1.97 bits per heavy atom. The molecule has 1 aliphatic rings. The minimum atomic E-state index is -1.15. The number of H-pyrrole nitrogens is 1. The molecule has 29 heavy (non-hydrogen) atoms. The average molecular weight is 409 g/mol. The van der Waals surface area contributed by atoms with Gasteiger partial charge < -0.3 is 24.3 Å². The number of esters is 3. The van der Waals surface area contributed by atoms with Crippen molar-refractivity contribution in [2.45, 2.75) is 78.6 Å². The van der Waals surface area contributed by atoms with E-state index in [1.54, 1.807) is 27.7 Å². The van der Waals surface area contributed by atoms with Crippen molar-refractivity contribution < 1.29 is 33.7 Å². The molecule has 0 bridgehead atoms. The number of carbonyl (C=O) groups excluding carboxylic acids is 3. The second kappa shape index (κ2) is 8.18. The Hall–Kier alpha value is -2.35. The number of methoxy groups -OCH3 is 1. The molecule has 0 aromatic carbocycles. The first-order valence-corrected chi connectivity index (χ1v) is 9.66. The number of nitrogens with one attached hydrogen (secondary N) is 1. The predicted molar refractivity (Wildman–Crippen MR) is 104 cm³/mol. The average Bonchev–Trinajstić information content (AvgIpc) is 3.05. The van der Waals surface area contributed by atoms with Gasteiger partial charge in [0.15, 0.2) is 0 Å². The van der Waals surface area contributed by atoms with E-state index >= 15 is 0 Å². The second-order valence-corrected chi connectivity index (χ2v) is 9.12. The molecule has 0 radical (unpaired) electrons. The van der Waals surface area contributed by atoms with Crippen LogP contribution in [0.4, 0.5) is 0 Å². The molecule has 2 rings (SSSR count). The Kier molecular flexibility index (Phi) is 6.47. The van der Waals surface area contributed by atoms with Gasteiger partial charge in [-0.3, -0.25) is 9.59 Å². The summed E-state index contributed by atoms with van der Waals surface area (Å²) >= 11 is 0. The van der Waals surface area contributed by atoms with E-state index < -0.39 is 35.2 Å². The topological polar surface area (TPSA) is 115 Å². The lowest BCUT2D eigenvalue weighted by Crippen LogP contribution is -2.31. The summed E-state index contributed by atoms with van der Waals surface area (Å²) in [6.07, 6.45) is -1.39. The molecule has 8 nitrogen and oxygen atoms in total. The Labute approximate surface area is 170 Å². The third-order valence-electron chi connectivity index (χ3n) is 5.04. The van der Waals surface area contributed by atoms with E-state index in [2.05, 4.69) is 4.98 Å². The first-order chi connectivity index (χ1) is 13.3. The zero-order chi connectivity index (χ0) is 22.1. The van der Waals surface area contributed by atoms with Crippen molar-refractivity contribution in [3.05, 3.63) is 22.5 Å². The molecular formula is C21H31NO7. The number of aliphatic hydroxyl groups is 1. The van der Waals surface area contributed by atoms with Crippen LogP contribution in [-0.2, 0) is 30.2 Å². The van der Waals surface area contributed by atoms with Crippen molar-refractivity contribution in [1.82, 2.24) is 4.98 Å². The molecule has 0 spiro atoms. The van der Waals surface area contributed by atoms with E-state index in [0.29, 0.717) is 16.8 Å². The maximum Gasteiger partial charge on any atom is 0.355 e. The van der Waals surface area contributed by atoms with Crippen LogP contribution in [0.15, 0.2) is 0 Å². The summed E-state index contributed by atoms with van der Waals surface area (Å²) in [5.74, 6) is -1.36. The monoisotopic (exact) mass is 409 g/mol. The number of aliphatic hydroxyl groups excluding tert-OH is 1. The molecule has 0 saturated carbocycles. The van der Waals surface area contributed by atoms with Crippen LogP contribution in [0.1, 0.15) is 80.9 Å². The molecule has 2 heterocycles. The number of hydrogen-bond acceptors (Lipinski definition) is 7. The molecule has 1 saturated heterocycles. The predicted octanol–water partition coefficient (Wildman–Crippen LogP) is 2.76. The van der Waals surface area contributed by atoms with Crippen LogP contribution in [0.25, 0.3) is 0 Å². The molecule has 1 aromatic rings. The highest BCUT2D eigenvalue weighted by atomic mass is 16.6. The Bertz CT molecular complexity index is 801. The highest BCUT2D eigenvalue weighted by Gasteiger charge is 2.47. The molecule has 1 aromatic heterocycles. The van der Waals surface area contributed by atoms with E-state index in [4.69, 9.17) is 14.2 Å². The number of hydrogen-bond donors (Lipinski definition) is 2. The smallest absolute Gasteiger partial charge is 0.355 e. The Morgan fingerprint density at radius 1 is 1.34 bits per heavy atom. The summed E-state index contributed by atoms with van der Waals surface area (Å²) < 4.78 is 15.5. The van der Waals surface area contributed by atoms with Gasteiger partial charge in [0.2, 0.25) is 0 Å². The third-order valence-corrected chi connectivity index (χ3v) is 5.04. The van der Waals surface area contributed by atoms with E-state index in [1.807, 2.05) is 13.8 Å². The Morgan fingerprint density at radius 3 is 2.45 bits per heavy atom. The fraction of sp³-hybridized carbons (Fsp3) is 0.667. The highest BCUT2D eigenvalue weighted by molar-refractivity contribution is 5.90. The lowest BCUT2D eigenvalue weighted by Gasteiger charge is -2.28. The van der Waals surface area contributed by atoms with Crippen LogP contribution in [0.2, 0.25) is 0 Å². The normalized spacial score (nSPS) is 19.6. The molecule has 2 N–H and O–H groups in total. The molecule has 0 amide bonds. The van der Waals surface area contributed by atoms with E-state index in [0.717, 1.165) is 0 Å². The van der Waals surface area contributed by atoms with Crippen molar-refractivity contribution in [2.24, 2.45) is 5.41 Å². The quantitative estimate of drug-likeness (QED) is 0.548. The molecule has 162 valence electrons. The third kappa shape index (κ3) is 5.18. The molecule has 8 heteroatoms. The van der Waals surface area contributed by atoms with Gasteiger partial charge in [-0.2, -0.15) is 0 Å². The van der Waals surface area contributed by atoms with E-state index in [1.165, 1.54) is 7.11 Å². The summed E-state index contributed by atoms with van der Waals surface area (Å²) in [5.41, 5.74) is 0.474. The largest absolute Gasteiger partial charge is 0.469 e. The standard InChI is InChI=1S/C21H31NO7/c1-11-12(8-9-13(23)27-7)16(19(26)29-20(2,3)4)22-15(11)17(25)18-21(5,6)10-14(24)28-18/h17-18,22,25H,8-10H2,1-7H3. The zero-order valence-corrected chi connectivity index (χ0v) is 18.2. The van der Waals surface area contributed by atoms with Gasteiger partial charge in [0.1, 0.15) is 23.5 Å². The first-order valence-electron chi connectivity index (χ1n) is 9.66. The summed E-state index contributed by atoms with van der Waals surface area (Å²) in [6, 6.07) is 0. The van der Waals surface area contributed by atoms with Crippen molar-refractivity contribution in [1.29, 1.82) is 0 Å². The fourth-order valence-electron chi connectivity index (χ4n) is 3.55. The number of aromatic nitrogens is 1. The maximum atomic E-state index is 12.7. The minimum Gasteiger partial charge on any atom is -0.469 e. The highest BCUT2D eigenvalue weighted by Crippen LogP contribution is 2.42. The van der Waals surface area contributed by atoms with Gasteiger partial charge in [0.25, 0.3) is 0 Å². The maximum absolute atomic E-state index is 12.7.